The van der Waals surface area contributed by atoms with Crippen LogP contribution in [0.25, 0.3) is 0 Å². The number of hydrogen-bond donors (Lipinski definition) is 1. The van der Waals surface area contributed by atoms with Gasteiger partial charge >= 0.3 is 6.18 Å². The lowest BCUT2D eigenvalue weighted by Crippen LogP contribution is -2.16. The van der Waals surface area contributed by atoms with E-state index in [1.54, 1.807) is 13.0 Å². The van der Waals surface area contributed by atoms with Gasteiger partial charge in [0.2, 0.25) is 0 Å². The highest BCUT2D eigenvalue weighted by molar-refractivity contribution is 5.41. The maximum atomic E-state index is 12.8. The van der Waals surface area contributed by atoms with E-state index in [1.165, 1.54) is 12.1 Å². The number of hydrogen-bond acceptors (Lipinski definition) is 1. The maximum absolute atomic E-state index is 12.8. The van der Waals surface area contributed by atoms with E-state index < -0.39 is 17.2 Å². The highest BCUT2D eigenvalue weighted by atomic mass is 19.4. The SMILES string of the molecule is CC1(c2ccccc2C(F)(F)F)CC1CO. The van der Waals surface area contributed by atoms with Gasteiger partial charge in [0.05, 0.1) is 5.56 Å². The van der Waals surface area contributed by atoms with Crippen LogP contribution in [-0.2, 0) is 11.6 Å². The normalized spacial score (nSPS) is 29.2. The van der Waals surface area contributed by atoms with Crippen LogP contribution in [0.15, 0.2) is 24.3 Å². The molecule has 0 aromatic heterocycles. The van der Waals surface area contributed by atoms with Gasteiger partial charge in [-0.25, -0.2) is 0 Å². The van der Waals surface area contributed by atoms with Crippen LogP contribution in [0.4, 0.5) is 13.2 Å². The lowest BCUT2D eigenvalue weighted by molar-refractivity contribution is -0.138. The van der Waals surface area contributed by atoms with E-state index in [4.69, 9.17) is 5.11 Å². The summed E-state index contributed by atoms with van der Waals surface area (Å²) in [7, 11) is 0. The number of alkyl halides is 3. The Morgan fingerprint density at radius 2 is 2.00 bits per heavy atom. The molecule has 2 atom stereocenters. The van der Waals surface area contributed by atoms with Crippen LogP contribution >= 0.6 is 0 Å². The zero-order valence-corrected chi connectivity index (χ0v) is 8.88. The van der Waals surface area contributed by atoms with E-state index in [0.717, 1.165) is 6.07 Å². The molecular weight excluding hydrogens is 217 g/mol. The van der Waals surface area contributed by atoms with E-state index in [0.29, 0.717) is 12.0 Å². The minimum Gasteiger partial charge on any atom is -0.396 e. The fraction of sp³-hybridized carbons (Fsp3) is 0.500. The van der Waals surface area contributed by atoms with Crippen LogP contribution in [0, 0.1) is 5.92 Å². The van der Waals surface area contributed by atoms with Crippen molar-refractivity contribution in [1.29, 1.82) is 0 Å². The van der Waals surface area contributed by atoms with Crippen LogP contribution in [0.3, 0.4) is 0 Å². The Morgan fingerprint density at radius 3 is 2.50 bits per heavy atom. The molecule has 88 valence electrons. The molecule has 0 heterocycles. The molecular formula is C12H13F3O. The average Bonchev–Trinajstić information content (AvgIpc) is 2.90. The van der Waals surface area contributed by atoms with Crippen molar-refractivity contribution < 1.29 is 18.3 Å². The Balaban J connectivity index is 2.43. The van der Waals surface area contributed by atoms with Crippen LogP contribution in [0.5, 0.6) is 0 Å². The molecule has 1 aromatic rings. The van der Waals surface area contributed by atoms with Gasteiger partial charge in [-0.05, 0) is 29.4 Å². The van der Waals surface area contributed by atoms with Gasteiger partial charge in [0.1, 0.15) is 0 Å². The van der Waals surface area contributed by atoms with Crippen LogP contribution < -0.4 is 0 Å². The number of rotatable bonds is 2. The van der Waals surface area contributed by atoms with Gasteiger partial charge < -0.3 is 5.11 Å². The zero-order chi connectivity index (χ0) is 12.0. The summed E-state index contributed by atoms with van der Waals surface area (Å²) in [5.41, 5.74) is -0.782. The van der Waals surface area contributed by atoms with Crippen molar-refractivity contribution in [2.45, 2.75) is 24.9 Å². The van der Waals surface area contributed by atoms with Gasteiger partial charge in [-0.3, -0.25) is 0 Å². The minimum atomic E-state index is -4.32. The highest BCUT2D eigenvalue weighted by Gasteiger charge is 2.53. The Hall–Kier alpha value is -1.03. The van der Waals surface area contributed by atoms with Gasteiger partial charge in [-0.2, -0.15) is 13.2 Å². The predicted octanol–water partition coefficient (Wildman–Crippen LogP) is 2.98. The summed E-state index contributed by atoms with van der Waals surface area (Å²) in [5.74, 6) is -0.0454. The lowest BCUT2D eigenvalue weighted by atomic mass is 9.91. The molecule has 0 spiro atoms. The predicted molar refractivity (Wildman–Crippen MR) is 54.0 cm³/mol. The summed E-state index contributed by atoms with van der Waals surface area (Å²) in [6.07, 6.45) is -3.70. The third kappa shape index (κ3) is 1.71. The molecule has 16 heavy (non-hydrogen) atoms. The Bertz CT molecular complexity index is 399. The summed E-state index contributed by atoms with van der Waals surface area (Å²) >= 11 is 0. The largest absolute Gasteiger partial charge is 0.416 e. The average molecular weight is 230 g/mol. The van der Waals surface area contributed by atoms with Gasteiger partial charge in [-0.1, -0.05) is 25.1 Å². The van der Waals surface area contributed by atoms with Crippen molar-refractivity contribution in [2.24, 2.45) is 5.92 Å². The van der Waals surface area contributed by atoms with Crippen molar-refractivity contribution >= 4 is 0 Å². The molecule has 0 aliphatic heterocycles. The van der Waals surface area contributed by atoms with E-state index in [-0.39, 0.29) is 12.5 Å². The number of halogens is 3. The number of benzene rings is 1. The zero-order valence-electron chi connectivity index (χ0n) is 8.88. The molecule has 0 amide bonds. The molecule has 0 saturated heterocycles. The molecule has 1 saturated carbocycles. The van der Waals surface area contributed by atoms with E-state index >= 15 is 0 Å². The van der Waals surface area contributed by atoms with Gasteiger partial charge in [0.15, 0.2) is 0 Å². The third-order valence-corrected chi connectivity index (χ3v) is 3.48. The molecule has 0 radical (unpaired) electrons. The maximum Gasteiger partial charge on any atom is 0.416 e. The summed E-state index contributed by atoms with van der Waals surface area (Å²) in [5, 5.41) is 9.02. The van der Waals surface area contributed by atoms with Crippen LogP contribution in [0.2, 0.25) is 0 Å². The minimum absolute atomic E-state index is 0.0454. The molecule has 1 aliphatic carbocycles. The fourth-order valence-electron chi connectivity index (χ4n) is 2.28. The first-order valence-electron chi connectivity index (χ1n) is 5.17. The molecule has 1 fully saturated rings. The van der Waals surface area contributed by atoms with E-state index in [1.807, 2.05) is 0 Å². The van der Waals surface area contributed by atoms with Gasteiger partial charge in [-0.15, -0.1) is 0 Å². The quantitative estimate of drug-likeness (QED) is 0.828. The van der Waals surface area contributed by atoms with Crippen LogP contribution in [-0.4, -0.2) is 11.7 Å². The van der Waals surface area contributed by atoms with Crippen LogP contribution in [0.1, 0.15) is 24.5 Å². The first kappa shape index (κ1) is 11.5. The Labute approximate surface area is 91.9 Å². The van der Waals surface area contributed by atoms with Gasteiger partial charge in [0.25, 0.3) is 0 Å². The number of aliphatic hydroxyl groups is 1. The standard InChI is InChI=1S/C12H13F3O/c1-11(6-8(11)7-16)9-4-2-3-5-10(9)12(13,14)15/h2-5,8,16H,6-7H2,1H3. The van der Waals surface area contributed by atoms with Crippen molar-refractivity contribution in [1.82, 2.24) is 0 Å². The van der Waals surface area contributed by atoms with Crippen molar-refractivity contribution in [3.8, 4) is 0 Å². The molecule has 2 unspecified atom stereocenters. The summed E-state index contributed by atoms with van der Waals surface area (Å²) in [6.45, 7) is 1.72. The highest BCUT2D eigenvalue weighted by Crippen LogP contribution is 2.56. The monoisotopic (exact) mass is 230 g/mol. The molecule has 2 rings (SSSR count). The van der Waals surface area contributed by atoms with E-state index in [2.05, 4.69) is 0 Å². The molecule has 1 nitrogen and oxygen atoms in total. The molecule has 0 bridgehead atoms. The summed E-state index contributed by atoms with van der Waals surface area (Å²) in [4.78, 5) is 0. The van der Waals surface area contributed by atoms with Crippen molar-refractivity contribution in [3.63, 3.8) is 0 Å². The molecule has 1 aliphatic rings. The number of aliphatic hydroxyl groups excluding tert-OH is 1. The van der Waals surface area contributed by atoms with Gasteiger partial charge in [0, 0.05) is 6.61 Å². The molecule has 1 N–H and O–H groups in total. The first-order chi connectivity index (χ1) is 7.39. The third-order valence-electron chi connectivity index (χ3n) is 3.48. The van der Waals surface area contributed by atoms with Crippen molar-refractivity contribution in [2.75, 3.05) is 6.61 Å². The summed E-state index contributed by atoms with van der Waals surface area (Å²) < 4.78 is 38.3. The fourth-order valence-corrected chi connectivity index (χ4v) is 2.28. The Kier molecular flexibility index (Phi) is 2.49. The second-order valence-corrected chi connectivity index (χ2v) is 4.54. The molecule has 4 heteroatoms. The Morgan fingerprint density at radius 1 is 1.38 bits per heavy atom. The van der Waals surface area contributed by atoms with E-state index in [9.17, 15) is 13.2 Å². The lowest BCUT2D eigenvalue weighted by Gasteiger charge is -2.18. The summed E-state index contributed by atoms with van der Waals surface area (Å²) in [6, 6.07) is 5.63. The topological polar surface area (TPSA) is 20.2 Å². The second-order valence-electron chi connectivity index (χ2n) is 4.54. The second kappa shape index (κ2) is 3.48. The molecule has 1 aromatic carbocycles. The van der Waals surface area contributed by atoms with Crippen molar-refractivity contribution in [3.05, 3.63) is 35.4 Å². The smallest absolute Gasteiger partial charge is 0.396 e. The first-order valence-corrected chi connectivity index (χ1v) is 5.17.